The molecule has 2 unspecified atom stereocenters. The summed E-state index contributed by atoms with van der Waals surface area (Å²) in [5.41, 5.74) is 0. The van der Waals surface area contributed by atoms with Gasteiger partial charge >= 0.3 is 0 Å². The Morgan fingerprint density at radius 3 is 2.57 bits per heavy atom. The Labute approximate surface area is 86.4 Å². The van der Waals surface area contributed by atoms with Gasteiger partial charge in [-0.05, 0) is 6.42 Å². The topological polar surface area (TPSA) is 38.7 Å². The van der Waals surface area contributed by atoms with Crippen molar-refractivity contribution in [2.24, 2.45) is 0 Å². The third-order valence-electron chi connectivity index (χ3n) is 2.66. The summed E-state index contributed by atoms with van der Waals surface area (Å²) < 4.78 is 11.5. The fraction of sp³-hybridized carbons (Fsp3) is 1.00. The molecule has 1 fully saturated rings. The van der Waals surface area contributed by atoms with Crippen molar-refractivity contribution in [1.29, 1.82) is 0 Å². The molecule has 2 atom stereocenters. The fourth-order valence-electron chi connectivity index (χ4n) is 1.92. The zero-order chi connectivity index (χ0) is 10.4. The summed E-state index contributed by atoms with van der Waals surface area (Å²) in [5, 5.41) is 8.99. The van der Waals surface area contributed by atoms with Gasteiger partial charge in [0.05, 0.1) is 13.2 Å². The zero-order valence-electron chi connectivity index (χ0n) is 9.29. The van der Waals surface area contributed by atoms with Gasteiger partial charge in [0, 0.05) is 12.8 Å². The van der Waals surface area contributed by atoms with Crippen LogP contribution in [0.5, 0.6) is 0 Å². The highest BCUT2D eigenvalue weighted by Crippen LogP contribution is 2.33. The lowest BCUT2D eigenvalue weighted by Gasteiger charge is -2.27. The number of hydrogen-bond donors (Lipinski definition) is 1. The number of aliphatic hydroxyl groups excluding tert-OH is 1. The summed E-state index contributed by atoms with van der Waals surface area (Å²) in [6.45, 7) is 4.91. The third kappa shape index (κ3) is 2.94. The van der Waals surface area contributed by atoms with Crippen molar-refractivity contribution in [3.8, 4) is 0 Å². The Morgan fingerprint density at radius 2 is 2.07 bits per heavy atom. The fourth-order valence-corrected chi connectivity index (χ4v) is 1.92. The molecule has 0 aromatic heterocycles. The van der Waals surface area contributed by atoms with E-state index in [0.717, 1.165) is 32.1 Å². The molecule has 0 radical (unpaired) electrons. The summed E-state index contributed by atoms with van der Waals surface area (Å²) in [5.74, 6) is -0.391. The lowest BCUT2D eigenvalue weighted by molar-refractivity contribution is -0.181. The molecular formula is C11H22O3. The molecule has 0 saturated carbocycles. The molecule has 0 aromatic rings. The third-order valence-corrected chi connectivity index (χ3v) is 2.66. The predicted octanol–water partition coefficient (Wildman–Crippen LogP) is 2.08. The van der Waals surface area contributed by atoms with Crippen LogP contribution >= 0.6 is 0 Å². The van der Waals surface area contributed by atoms with E-state index in [1.807, 2.05) is 0 Å². The molecule has 0 amide bonds. The standard InChI is InChI=1S/C11H22O3/c1-3-5-7-11(6-4-2)13-9-10(8-12)14-11/h10,12H,3-9H2,1-2H3. The van der Waals surface area contributed by atoms with Crippen LogP contribution in [0.25, 0.3) is 0 Å². The first kappa shape index (κ1) is 12.0. The van der Waals surface area contributed by atoms with E-state index in [-0.39, 0.29) is 12.7 Å². The van der Waals surface area contributed by atoms with Crippen LogP contribution in [0.15, 0.2) is 0 Å². The minimum atomic E-state index is -0.391. The van der Waals surface area contributed by atoms with Gasteiger partial charge in [-0.25, -0.2) is 0 Å². The molecule has 0 aromatic carbocycles. The van der Waals surface area contributed by atoms with Crippen LogP contribution in [0, 0.1) is 0 Å². The summed E-state index contributed by atoms with van der Waals surface area (Å²) >= 11 is 0. The highest BCUT2D eigenvalue weighted by molar-refractivity contribution is 4.78. The van der Waals surface area contributed by atoms with Crippen LogP contribution in [-0.4, -0.2) is 30.2 Å². The highest BCUT2D eigenvalue weighted by atomic mass is 16.7. The van der Waals surface area contributed by atoms with Crippen LogP contribution in [0.2, 0.25) is 0 Å². The monoisotopic (exact) mass is 202 g/mol. The maximum Gasteiger partial charge on any atom is 0.169 e. The SMILES string of the molecule is CCCCC1(CCC)OCC(CO)O1. The van der Waals surface area contributed by atoms with E-state index in [4.69, 9.17) is 14.6 Å². The normalized spacial score (nSPS) is 32.4. The first-order valence-corrected chi connectivity index (χ1v) is 5.69. The van der Waals surface area contributed by atoms with Gasteiger partial charge in [-0.2, -0.15) is 0 Å². The van der Waals surface area contributed by atoms with Crippen LogP contribution in [0.3, 0.4) is 0 Å². The molecule has 1 N–H and O–H groups in total. The first-order chi connectivity index (χ1) is 6.76. The quantitative estimate of drug-likeness (QED) is 0.716. The Bertz CT molecular complexity index is 161. The molecule has 0 aliphatic carbocycles. The largest absolute Gasteiger partial charge is 0.394 e. The van der Waals surface area contributed by atoms with Gasteiger partial charge in [-0.3, -0.25) is 0 Å². The molecule has 1 aliphatic rings. The Hall–Kier alpha value is -0.120. The molecule has 1 rings (SSSR count). The minimum Gasteiger partial charge on any atom is -0.394 e. The maximum absolute atomic E-state index is 8.99. The molecule has 3 nitrogen and oxygen atoms in total. The van der Waals surface area contributed by atoms with Gasteiger partial charge in [0.25, 0.3) is 0 Å². The van der Waals surface area contributed by atoms with Crippen molar-refractivity contribution in [3.63, 3.8) is 0 Å². The summed E-state index contributed by atoms with van der Waals surface area (Å²) in [7, 11) is 0. The van der Waals surface area contributed by atoms with Crippen molar-refractivity contribution in [2.75, 3.05) is 13.2 Å². The van der Waals surface area contributed by atoms with Crippen molar-refractivity contribution >= 4 is 0 Å². The van der Waals surface area contributed by atoms with E-state index in [0.29, 0.717) is 6.61 Å². The number of hydrogen-bond acceptors (Lipinski definition) is 3. The van der Waals surface area contributed by atoms with E-state index in [1.165, 1.54) is 0 Å². The van der Waals surface area contributed by atoms with E-state index >= 15 is 0 Å². The molecule has 1 heterocycles. The van der Waals surface area contributed by atoms with Crippen LogP contribution in [-0.2, 0) is 9.47 Å². The van der Waals surface area contributed by atoms with Gasteiger partial charge in [0.1, 0.15) is 6.10 Å². The van der Waals surface area contributed by atoms with Gasteiger partial charge in [0.15, 0.2) is 5.79 Å². The first-order valence-electron chi connectivity index (χ1n) is 5.69. The molecule has 0 spiro atoms. The smallest absolute Gasteiger partial charge is 0.169 e. The van der Waals surface area contributed by atoms with Crippen LogP contribution in [0.1, 0.15) is 46.0 Å². The van der Waals surface area contributed by atoms with Crippen molar-refractivity contribution in [1.82, 2.24) is 0 Å². The average molecular weight is 202 g/mol. The van der Waals surface area contributed by atoms with Gasteiger partial charge in [-0.15, -0.1) is 0 Å². The second-order valence-electron chi connectivity index (χ2n) is 4.00. The second-order valence-corrected chi connectivity index (χ2v) is 4.00. The second kappa shape index (κ2) is 5.69. The lowest BCUT2D eigenvalue weighted by atomic mass is 10.0. The Balaban J connectivity index is 2.46. The molecule has 14 heavy (non-hydrogen) atoms. The van der Waals surface area contributed by atoms with Gasteiger partial charge < -0.3 is 14.6 Å². The molecular weight excluding hydrogens is 180 g/mol. The molecule has 84 valence electrons. The van der Waals surface area contributed by atoms with Gasteiger partial charge in [-0.1, -0.05) is 26.7 Å². The molecule has 3 heteroatoms. The highest BCUT2D eigenvalue weighted by Gasteiger charge is 2.39. The Kier molecular flexibility index (Phi) is 4.85. The van der Waals surface area contributed by atoms with Crippen molar-refractivity contribution < 1.29 is 14.6 Å². The van der Waals surface area contributed by atoms with E-state index < -0.39 is 5.79 Å². The Morgan fingerprint density at radius 1 is 1.29 bits per heavy atom. The molecule has 1 aliphatic heterocycles. The predicted molar refractivity (Wildman–Crippen MR) is 55.1 cm³/mol. The van der Waals surface area contributed by atoms with Crippen molar-refractivity contribution in [2.45, 2.75) is 57.8 Å². The number of ether oxygens (including phenoxy) is 2. The number of aliphatic hydroxyl groups is 1. The van der Waals surface area contributed by atoms with Crippen molar-refractivity contribution in [3.05, 3.63) is 0 Å². The molecule has 1 saturated heterocycles. The number of unbranched alkanes of at least 4 members (excludes halogenated alkanes) is 1. The van der Waals surface area contributed by atoms with Crippen LogP contribution in [0.4, 0.5) is 0 Å². The van der Waals surface area contributed by atoms with E-state index in [1.54, 1.807) is 0 Å². The maximum atomic E-state index is 8.99. The summed E-state index contributed by atoms with van der Waals surface area (Å²) in [6, 6.07) is 0. The minimum absolute atomic E-state index is 0.0671. The van der Waals surface area contributed by atoms with Gasteiger partial charge in [0.2, 0.25) is 0 Å². The average Bonchev–Trinajstić information content (AvgIpc) is 2.60. The summed E-state index contributed by atoms with van der Waals surface area (Å²) in [4.78, 5) is 0. The van der Waals surface area contributed by atoms with Crippen LogP contribution < -0.4 is 0 Å². The number of rotatable bonds is 6. The lowest BCUT2D eigenvalue weighted by Crippen LogP contribution is -2.31. The zero-order valence-corrected chi connectivity index (χ0v) is 9.29. The van der Waals surface area contributed by atoms with E-state index in [2.05, 4.69) is 13.8 Å². The molecule has 0 bridgehead atoms. The van der Waals surface area contributed by atoms with E-state index in [9.17, 15) is 0 Å². The summed E-state index contributed by atoms with van der Waals surface area (Å²) in [6.07, 6.45) is 5.11.